The van der Waals surface area contributed by atoms with E-state index in [0.717, 1.165) is 28.6 Å². The van der Waals surface area contributed by atoms with Crippen LogP contribution in [-0.4, -0.2) is 31.2 Å². The van der Waals surface area contributed by atoms with Gasteiger partial charge in [-0.1, -0.05) is 6.07 Å². The quantitative estimate of drug-likeness (QED) is 0.517. The van der Waals surface area contributed by atoms with Crippen molar-refractivity contribution in [3.63, 3.8) is 0 Å². The molecule has 7 nitrogen and oxygen atoms in total. The lowest BCUT2D eigenvalue weighted by Crippen LogP contribution is -2.08. The lowest BCUT2D eigenvalue weighted by atomic mass is 10.2. The molecule has 0 radical (unpaired) electrons. The van der Waals surface area contributed by atoms with E-state index in [1.807, 2.05) is 43.6 Å². The summed E-state index contributed by atoms with van der Waals surface area (Å²) in [6.07, 6.45) is 6.61. The fraction of sp³-hybridized carbons (Fsp3) is 0.300. The van der Waals surface area contributed by atoms with Crippen LogP contribution in [0, 0.1) is 12.8 Å². The molecule has 0 aliphatic heterocycles. The molecule has 0 bridgehead atoms. The number of thiazole rings is 1. The first-order valence-electron chi connectivity index (χ1n) is 9.30. The molecule has 1 aliphatic rings. The summed E-state index contributed by atoms with van der Waals surface area (Å²) in [6, 6.07) is 9.86. The third-order valence-electron chi connectivity index (χ3n) is 4.88. The molecule has 4 aromatic rings. The predicted octanol–water partition coefficient (Wildman–Crippen LogP) is 3.68. The number of anilines is 1. The average molecular weight is 392 g/mol. The number of aromatic nitrogens is 5. The van der Waals surface area contributed by atoms with Crippen LogP contribution in [0.25, 0.3) is 5.65 Å². The summed E-state index contributed by atoms with van der Waals surface area (Å²) in [5, 5.41) is 8.84. The van der Waals surface area contributed by atoms with Crippen molar-refractivity contribution in [1.82, 2.24) is 24.6 Å². The summed E-state index contributed by atoms with van der Waals surface area (Å²) in [5.41, 5.74) is 1.91. The first kappa shape index (κ1) is 17.1. The molecular weight excluding hydrogens is 372 g/mol. The van der Waals surface area contributed by atoms with Gasteiger partial charge in [-0.05, 0) is 25.5 Å². The highest BCUT2D eigenvalue weighted by Crippen LogP contribution is 2.46. The first-order valence-corrected chi connectivity index (χ1v) is 10.1. The van der Waals surface area contributed by atoms with Crippen molar-refractivity contribution < 1.29 is 4.74 Å². The number of fused-ring (bicyclic) bond motifs is 1. The Hall–Kier alpha value is -3.00. The number of aryl methyl sites for hydroxylation is 1. The van der Waals surface area contributed by atoms with Crippen molar-refractivity contribution in [1.29, 1.82) is 0 Å². The number of nitrogens with zero attached hydrogens (tertiary/aromatic N) is 5. The highest BCUT2D eigenvalue weighted by molar-refractivity contribution is 7.11. The summed E-state index contributed by atoms with van der Waals surface area (Å²) in [4.78, 5) is 14.5. The summed E-state index contributed by atoms with van der Waals surface area (Å²) in [5.74, 6) is 2.46. The van der Waals surface area contributed by atoms with Crippen LogP contribution in [0.4, 0.5) is 5.82 Å². The highest BCUT2D eigenvalue weighted by atomic mass is 32.1. The zero-order chi connectivity index (χ0) is 18.9. The molecule has 1 N–H and O–H groups in total. The van der Waals surface area contributed by atoms with E-state index < -0.39 is 0 Å². The van der Waals surface area contributed by atoms with Crippen molar-refractivity contribution in [2.45, 2.75) is 25.8 Å². The van der Waals surface area contributed by atoms with Crippen molar-refractivity contribution >= 4 is 22.8 Å². The minimum Gasteiger partial charge on any atom is -0.477 e. The molecule has 28 heavy (non-hydrogen) atoms. The Kier molecular flexibility index (Phi) is 4.40. The van der Waals surface area contributed by atoms with Gasteiger partial charge in [-0.15, -0.1) is 11.3 Å². The number of hydrogen-bond donors (Lipinski definition) is 1. The molecule has 1 saturated carbocycles. The van der Waals surface area contributed by atoms with E-state index in [1.54, 1.807) is 22.0 Å². The Morgan fingerprint density at radius 2 is 2.21 bits per heavy atom. The third-order valence-corrected chi connectivity index (χ3v) is 5.80. The summed E-state index contributed by atoms with van der Waals surface area (Å²) < 4.78 is 7.81. The van der Waals surface area contributed by atoms with Crippen LogP contribution in [0.5, 0.6) is 5.88 Å². The maximum absolute atomic E-state index is 6.03. The van der Waals surface area contributed by atoms with Gasteiger partial charge in [-0.2, -0.15) is 14.6 Å². The lowest BCUT2D eigenvalue weighted by molar-refractivity contribution is 0.286. The summed E-state index contributed by atoms with van der Waals surface area (Å²) >= 11 is 1.68. The van der Waals surface area contributed by atoms with Crippen molar-refractivity contribution in [3.8, 4) is 5.88 Å². The van der Waals surface area contributed by atoms with Gasteiger partial charge in [0, 0.05) is 46.9 Å². The molecule has 1 aliphatic carbocycles. The van der Waals surface area contributed by atoms with Gasteiger partial charge < -0.3 is 10.1 Å². The molecule has 2 atom stereocenters. The molecule has 5 rings (SSSR count). The lowest BCUT2D eigenvalue weighted by Gasteiger charge is -2.10. The van der Waals surface area contributed by atoms with Crippen LogP contribution in [-0.2, 0) is 6.54 Å². The monoisotopic (exact) mass is 392 g/mol. The van der Waals surface area contributed by atoms with Gasteiger partial charge in [0.05, 0.1) is 24.4 Å². The van der Waals surface area contributed by atoms with Crippen LogP contribution in [0.2, 0.25) is 0 Å². The van der Waals surface area contributed by atoms with E-state index in [9.17, 15) is 0 Å². The van der Waals surface area contributed by atoms with E-state index in [-0.39, 0.29) is 0 Å². The maximum atomic E-state index is 6.03. The molecule has 0 spiro atoms. The van der Waals surface area contributed by atoms with E-state index >= 15 is 0 Å². The second-order valence-electron chi connectivity index (χ2n) is 6.95. The Morgan fingerprint density at radius 3 is 3.04 bits per heavy atom. The largest absolute Gasteiger partial charge is 0.477 e. The summed E-state index contributed by atoms with van der Waals surface area (Å²) in [6.45, 7) is 3.34. The Balaban J connectivity index is 1.27. The molecule has 8 heteroatoms. The normalized spacial score (nSPS) is 18.3. The molecule has 0 saturated heterocycles. The Morgan fingerprint density at radius 1 is 1.25 bits per heavy atom. The average Bonchev–Trinajstić information content (AvgIpc) is 3.11. The third kappa shape index (κ3) is 3.55. The second-order valence-corrected chi connectivity index (χ2v) is 8.27. The zero-order valence-electron chi connectivity index (χ0n) is 15.4. The first-order chi connectivity index (χ1) is 13.8. The predicted molar refractivity (Wildman–Crippen MR) is 108 cm³/mol. The van der Waals surface area contributed by atoms with Gasteiger partial charge in [0.1, 0.15) is 5.82 Å². The number of rotatable bonds is 7. The van der Waals surface area contributed by atoms with Crippen LogP contribution >= 0.6 is 11.3 Å². The molecular formula is C20H20N6OS. The smallest absolute Gasteiger partial charge is 0.219 e. The molecule has 0 aromatic carbocycles. The number of hydrogen-bond acceptors (Lipinski definition) is 7. The Bertz CT molecular complexity index is 1090. The minimum absolute atomic E-state index is 0.493. The fourth-order valence-electron chi connectivity index (χ4n) is 3.34. The number of pyridine rings is 1. The van der Waals surface area contributed by atoms with Crippen molar-refractivity contribution in [2.24, 2.45) is 5.92 Å². The van der Waals surface area contributed by atoms with Crippen molar-refractivity contribution in [2.75, 3.05) is 11.9 Å². The summed E-state index contributed by atoms with van der Waals surface area (Å²) in [7, 11) is 0. The molecule has 1 fully saturated rings. The molecule has 4 heterocycles. The minimum atomic E-state index is 0.493. The van der Waals surface area contributed by atoms with E-state index in [2.05, 4.69) is 31.4 Å². The van der Waals surface area contributed by atoms with Gasteiger partial charge in [0.15, 0.2) is 5.65 Å². The number of nitrogens with one attached hydrogen (secondary N) is 1. The topological polar surface area (TPSA) is 77.2 Å². The van der Waals surface area contributed by atoms with Crippen molar-refractivity contribution in [3.05, 3.63) is 64.5 Å². The van der Waals surface area contributed by atoms with Crippen LogP contribution in [0.3, 0.4) is 0 Å². The van der Waals surface area contributed by atoms with E-state index in [0.29, 0.717) is 30.9 Å². The van der Waals surface area contributed by atoms with Gasteiger partial charge in [0.25, 0.3) is 0 Å². The van der Waals surface area contributed by atoms with Gasteiger partial charge in [-0.25, -0.2) is 4.98 Å². The SMILES string of the molecule is Cc1ncc(CNc2cc(OCC3C[C@@H]3c3ccccn3)nc3ccnn23)s1. The molecule has 4 aromatic heterocycles. The van der Waals surface area contributed by atoms with E-state index in [4.69, 9.17) is 4.74 Å². The van der Waals surface area contributed by atoms with Crippen LogP contribution in [0.1, 0.15) is 27.9 Å². The van der Waals surface area contributed by atoms with Crippen LogP contribution < -0.4 is 10.1 Å². The Labute approximate surface area is 166 Å². The number of ether oxygens (including phenoxy) is 1. The molecule has 0 amide bonds. The highest BCUT2D eigenvalue weighted by Gasteiger charge is 2.39. The zero-order valence-corrected chi connectivity index (χ0v) is 16.3. The maximum Gasteiger partial charge on any atom is 0.219 e. The van der Waals surface area contributed by atoms with Gasteiger partial charge in [-0.3, -0.25) is 4.98 Å². The fourth-order valence-corrected chi connectivity index (χ4v) is 4.07. The molecule has 1 unspecified atom stereocenters. The van der Waals surface area contributed by atoms with Crippen LogP contribution in [0.15, 0.2) is 48.9 Å². The van der Waals surface area contributed by atoms with Gasteiger partial charge in [0.2, 0.25) is 5.88 Å². The standard InChI is InChI=1S/C20H20N6OS/c1-13-22-10-15(28-13)11-23-19-9-20(25-18-5-7-24-26(18)19)27-12-14-8-16(14)17-4-2-3-6-21-17/h2-7,9-10,14,16,23H,8,11-12H2,1H3/t14?,16-/m0/s1. The second kappa shape index (κ2) is 7.20. The van der Waals surface area contributed by atoms with E-state index in [1.165, 1.54) is 4.88 Å². The molecule has 142 valence electrons. The van der Waals surface area contributed by atoms with Gasteiger partial charge >= 0.3 is 0 Å².